The van der Waals surface area contributed by atoms with Gasteiger partial charge in [0.2, 0.25) is 5.91 Å². The number of amides is 1. The molecule has 0 radical (unpaired) electrons. The first-order chi connectivity index (χ1) is 13.6. The molecule has 4 nitrogen and oxygen atoms in total. The minimum atomic E-state index is 0.0864. The number of hydrogen-bond acceptors (Lipinski definition) is 3. The first-order valence-corrected chi connectivity index (χ1v) is 11.8. The highest BCUT2D eigenvalue weighted by Crippen LogP contribution is 2.27. The van der Waals surface area contributed by atoms with Gasteiger partial charge in [-0.3, -0.25) is 4.79 Å². The Balaban J connectivity index is 1.52. The second kappa shape index (κ2) is 11.0. The van der Waals surface area contributed by atoms with Crippen LogP contribution in [-0.2, 0) is 4.79 Å². The molecule has 0 bridgehead atoms. The SMILES string of the molecule is N=C(CCC(=O)NC1CCCCC1)c1cc(Br)ccc1NCC1CCCCC1. The van der Waals surface area contributed by atoms with E-state index in [0.29, 0.717) is 24.6 Å². The Morgan fingerprint density at radius 2 is 1.68 bits per heavy atom. The van der Waals surface area contributed by atoms with Crippen molar-refractivity contribution in [2.24, 2.45) is 5.92 Å². The number of hydrogen-bond donors (Lipinski definition) is 3. The summed E-state index contributed by atoms with van der Waals surface area (Å²) in [5.74, 6) is 0.823. The number of carbonyl (C=O) groups excluding carboxylic acids is 1. The summed E-state index contributed by atoms with van der Waals surface area (Å²) >= 11 is 3.53. The molecule has 0 aliphatic heterocycles. The van der Waals surface area contributed by atoms with Crippen molar-refractivity contribution in [3.05, 3.63) is 28.2 Å². The highest BCUT2D eigenvalue weighted by molar-refractivity contribution is 9.10. The maximum Gasteiger partial charge on any atom is 0.220 e. The van der Waals surface area contributed by atoms with Crippen LogP contribution in [0.4, 0.5) is 5.69 Å². The van der Waals surface area contributed by atoms with Crippen LogP contribution >= 0.6 is 15.9 Å². The van der Waals surface area contributed by atoms with Crippen LogP contribution in [0.3, 0.4) is 0 Å². The third-order valence-corrected chi connectivity index (χ3v) is 6.68. The van der Waals surface area contributed by atoms with Gasteiger partial charge in [-0.1, -0.05) is 54.5 Å². The normalized spacial score (nSPS) is 18.6. The first kappa shape index (κ1) is 21.4. The molecular formula is C23H34BrN3O. The molecule has 2 aliphatic rings. The quantitative estimate of drug-likeness (QED) is 0.425. The lowest BCUT2D eigenvalue weighted by atomic mass is 9.89. The van der Waals surface area contributed by atoms with E-state index >= 15 is 0 Å². The van der Waals surface area contributed by atoms with Crippen molar-refractivity contribution >= 4 is 33.2 Å². The summed E-state index contributed by atoms with van der Waals surface area (Å²) in [5.41, 5.74) is 2.47. The van der Waals surface area contributed by atoms with Crippen LogP contribution in [0.2, 0.25) is 0 Å². The van der Waals surface area contributed by atoms with Crippen LogP contribution in [-0.4, -0.2) is 24.2 Å². The zero-order valence-corrected chi connectivity index (χ0v) is 18.5. The van der Waals surface area contributed by atoms with Gasteiger partial charge in [0.1, 0.15) is 0 Å². The van der Waals surface area contributed by atoms with Crippen molar-refractivity contribution < 1.29 is 4.79 Å². The monoisotopic (exact) mass is 447 g/mol. The fraction of sp³-hybridized carbons (Fsp3) is 0.652. The molecule has 0 heterocycles. The minimum absolute atomic E-state index is 0.0864. The van der Waals surface area contributed by atoms with Gasteiger partial charge in [-0.05, 0) is 56.2 Å². The fourth-order valence-electron chi connectivity index (χ4n) is 4.49. The second-order valence-electron chi connectivity index (χ2n) is 8.46. The van der Waals surface area contributed by atoms with E-state index in [1.54, 1.807) is 0 Å². The van der Waals surface area contributed by atoms with E-state index in [2.05, 4.69) is 32.6 Å². The van der Waals surface area contributed by atoms with Gasteiger partial charge < -0.3 is 16.0 Å². The Morgan fingerprint density at radius 3 is 2.39 bits per heavy atom. The van der Waals surface area contributed by atoms with E-state index in [4.69, 9.17) is 5.41 Å². The fourth-order valence-corrected chi connectivity index (χ4v) is 4.85. The number of benzene rings is 1. The summed E-state index contributed by atoms with van der Waals surface area (Å²) in [7, 11) is 0. The van der Waals surface area contributed by atoms with Crippen molar-refractivity contribution in [2.45, 2.75) is 83.1 Å². The molecule has 1 amide bonds. The van der Waals surface area contributed by atoms with E-state index in [0.717, 1.165) is 41.0 Å². The summed E-state index contributed by atoms with van der Waals surface area (Å²) < 4.78 is 0.974. The summed E-state index contributed by atoms with van der Waals surface area (Å²) in [6.45, 7) is 0.976. The number of rotatable bonds is 8. The highest BCUT2D eigenvalue weighted by Gasteiger charge is 2.18. The molecule has 0 atom stereocenters. The lowest BCUT2D eigenvalue weighted by Crippen LogP contribution is -2.36. The van der Waals surface area contributed by atoms with Crippen molar-refractivity contribution in [1.82, 2.24) is 5.32 Å². The van der Waals surface area contributed by atoms with E-state index < -0.39 is 0 Å². The topological polar surface area (TPSA) is 65.0 Å². The molecule has 5 heteroatoms. The van der Waals surface area contributed by atoms with Gasteiger partial charge in [-0.2, -0.15) is 0 Å². The van der Waals surface area contributed by atoms with Crippen LogP contribution in [0, 0.1) is 11.3 Å². The lowest BCUT2D eigenvalue weighted by Gasteiger charge is -2.23. The third kappa shape index (κ3) is 6.61. The van der Waals surface area contributed by atoms with Gasteiger partial charge in [0, 0.05) is 40.4 Å². The summed E-state index contributed by atoms with van der Waals surface area (Å²) in [4.78, 5) is 12.3. The first-order valence-electron chi connectivity index (χ1n) is 11.0. The minimum Gasteiger partial charge on any atom is -0.384 e. The number of anilines is 1. The van der Waals surface area contributed by atoms with Gasteiger partial charge in [0.05, 0.1) is 0 Å². The number of halogens is 1. The average molecular weight is 448 g/mol. The van der Waals surface area contributed by atoms with E-state index in [9.17, 15) is 4.79 Å². The standard InChI is InChI=1S/C23H34BrN3O/c24-18-11-13-22(26-16-17-7-3-1-4-8-17)20(15-18)21(25)12-14-23(28)27-19-9-5-2-6-10-19/h11,13,15,17,19,25-26H,1-10,12,14,16H2,(H,27,28). The molecule has 3 N–H and O–H groups in total. The van der Waals surface area contributed by atoms with Crippen LogP contribution < -0.4 is 10.6 Å². The highest BCUT2D eigenvalue weighted by atomic mass is 79.9. The maximum absolute atomic E-state index is 12.3. The van der Waals surface area contributed by atoms with Gasteiger partial charge in [-0.15, -0.1) is 0 Å². The van der Waals surface area contributed by atoms with Crippen molar-refractivity contribution in [1.29, 1.82) is 5.41 Å². The molecule has 1 aromatic rings. The van der Waals surface area contributed by atoms with Gasteiger partial charge in [0.15, 0.2) is 0 Å². The molecule has 154 valence electrons. The molecule has 0 unspecified atom stereocenters. The Bertz CT molecular complexity index is 664. The van der Waals surface area contributed by atoms with Crippen molar-refractivity contribution in [2.75, 3.05) is 11.9 Å². The summed E-state index contributed by atoms with van der Waals surface area (Å²) in [5, 5.41) is 15.3. The second-order valence-corrected chi connectivity index (χ2v) is 9.37. The molecule has 0 aromatic heterocycles. The molecule has 0 saturated heterocycles. The van der Waals surface area contributed by atoms with Crippen molar-refractivity contribution in [3.8, 4) is 0 Å². The Labute approximate surface area is 177 Å². The zero-order valence-electron chi connectivity index (χ0n) is 16.9. The predicted molar refractivity (Wildman–Crippen MR) is 120 cm³/mol. The van der Waals surface area contributed by atoms with E-state index in [1.165, 1.54) is 51.4 Å². The molecule has 0 spiro atoms. The smallest absolute Gasteiger partial charge is 0.220 e. The molecule has 2 fully saturated rings. The zero-order chi connectivity index (χ0) is 19.8. The summed E-state index contributed by atoms with van der Waals surface area (Å²) in [6, 6.07) is 6.42. The van der Waals surface area contributed by atoms with Gasteiger partial charge in [0.25, 0.3) is 0 Å². The molecule has 2 saturated carbocycles. The third-order valence-electron chi connectivity index (χ3n) is 6.19. The maximum atomic E-state index is 12.3. The Morgan fingerprint density at radius 1 is 1.00 bits per heavy atom. The van der Waals surface area contributed by atoms with Crippen LogP contribution in [0.5, 0.6) is 0 Å². The Hall–Kier alpha value is -1.36. The summed E-state index contributed by atoms with van der Waals surface area (Å²) in [6.07, 6.45) is 13.4. The number of nitrogens with one attached hydrogen (secondary N) is 3. The van der Waals surface area contributed by atoms with Crippen molar-refractivity contribution in [3.63, 3.8) is 0 Å². The van der Waals surface area contributed by atoms with Crippen LogP contribution in [0.15, 0.2) is 22.7 Å². The Kier molecular flexibility index (Phi) is 8.38. The largest absolute Gasteiger partial charge is 0.384 e. The van der Waals surface area contributed by atoms with Crippen LogP contribution in [0.1, 0.15) is 82.6 Å². The molecule has 3 rings (SSSR count). The molecule has 1 aromatic carbocycles. The molecular weight excluding hydrogens is 414 g/mol. The van der Waals surface area contributed by atoms with E-state index in [1.807, 2.05) is 12.1 Å². The predicted octanol–water partition coefficient (Wildman–Crippen LogP) is 6.04. The number of carbonyl (C=O) groups is 1. The van der Waals surface area contributed by atoms with Gasteiger partial charge >= 0.3 is 0 Å². The van der Waals surface area contributed by atoms with Crippen LogP contribution in [0.25, 0.3) is 0 Å². The lowest BCUT2D eigenvalue weighted by molar-refractivity contribution is -0.121. The average Bonchev–Trinajstić information content (AvgIpc) is 2.72. The molecule has 2 aliphatic carbocycles. The van der Waals surface area contributed by atoms with E-state index in [-0.39, 0.29) is 5.91 Å². The molecule has 28 heavy (non-hydrogen) atoms. The van der Waals surface area contributed by atoms with Gasteiger partial charge in [-0.25, -0.2) is 0 Å².